The van der Waals surface area contributed by atoms with Crippen molar-refractivity contribution in [2.75, 3.05) is 5.43 Å². The van der Waals surface area contributed by atoms with E-state index in [1.54, 1.807) is 4.68 Å². The second-order valence-electron chi connectivity index (χ2n) is 4.14. The van der Waals surface area contributed by atoms with Gasteiger partial charge in [0.1, 0.15) is 10.3 Å². The number of benzene rings is 1. The van der Waals surface area contributed by atoms with Gasteiger partial charge in [-0.05, 0) is 23.6 Å². The van der Waals surface area contributed by atoms with Gasteiger partial charge < -0.3 is 0 Å². The van der Waals surface area contributed by atoms with Crippen LogP contribution in [0, 0.1) is 0 Å². The van der Waals surface area contributed by atoms with Crippen molar-refractivity contribution < 1.29 is 0 Å². The van der Waals surface area contributed by atoms with Gasteiger partial charge in [0, 0.05) is 0 Å². The topological polar surface area (TPSA) is 94.5 Å². The number of para-hydroxylation sites is 1. The summed E-state index contributed by atoms with van der Waals surface area (Å²) >= 11 is 1.53. The van der Waals surface area contributed by atoms with E-state index in [1.807, 2.05) is 35.7 Å². The van der Waals surface area contributed by atoms with Gasteiger partial charge >= 0.3 is 0 Å². The first-order valence-corrected chi connectivity index (χ1v) is 6.77. The van der Waals surface area contributed by atoms with Crippen molar-refractivity contribution in [3.05, 3.63) is 35.7 Å². The molecule has 4 rings (SSSR count). The van der Waals surface area contributed by atoms with Gasteiger partial charge in [-0.25, -0.2) is 10.8 Å². The molecule has 4 aromatic rings. The highest BCUT2D eigenvalue weighted by Crippen LogP contribution is 2.26. The van der Waals surface area contributed by atoms with Crippen LogP contribution in [0.3, 0.4) is 0 Å². The normalized spacial score (nSPS) is 11.2. The molecule has 1 aromatic carbocycles. The maximum atomic E-state index is 5.43. The second kappa shape index (κ2) is 4.22. The maximum absolute atomic E-state index is 5.43. The molecule has 0 aliphatic carbocycles. The quantitative estimate of drug-likeness (QED) is 0.429. The lowest BCUT2D eigenvalue weighted by molar-refractivity contribution is 0.806. The van der Waals surface area contributed by atoms with E-state index in [-0.39, 0.29) is 0 Å². The second-order valence-corrected chi connectivity index (χ2v) is 5.04. The summed E-state index contributed by atoms with van der Waals surface area (Å²) in [7, 11) is 0. The summed E-state index contributed by atoms with van der Waals surface area (Å²) < 4.78 is 1.70. The molecule has 0 aliphatic heterocycles. The molecular formula is C12H9N7S. The Morgan fingerprint density at radius 2 is 2.05 bits per heavy atom. The largest absolute Gasteiger partial charge is 0.292 e. The van der Waals surface area contributed by atoms with Gasteiger partial charge in [-0.3, -0.25) is 5.43 Å². The molecule has 0 amide bonds. The fourth-order valence-corrected chi connectivity index (χ4v) is 2.85. The third-order valence-corrected chi connectivity index (χ3v) is 3.79. The molecular weight excluding hydrogens is 274 g/mol. The minimum Gasteiger partial charge on any atom is -0.292 e. The molecule has 0 saturated carbocycles. The van der Waals surface area contributed by atoms with Crippen molar-refractivity contribution in [1.29, 1.82) is 0 Å². The highest BCUT2D eigenvalue weighted by Gasteiger charge is 2.14. The van der Waals surface area contributed by atoms with E-state index in [4.69, 9.17) is 5.84 Å². The molecule has 20 heavy (non-hydrogen) atoms. The molecule has 3 N–H and O–H groups in total. The third-order valence-electron chi connectivity index (χ3n) is 2.99. The number of fused-ring (bicyclic) bond motifs is 2. The van der Waals surface area contributed by atoms with Gasteiger partial charge in [0.05, 0.1) is 10.9 Å². The van der Waals surface area contributed by atoms with Crippen molar-refractivity contribution in [2.45, 2.75) is 0 Å². The molecule has 3 aromatic heterocycles. The van der Waals surface area contributed by atoms with Crippen LogP contribution in [0.4, 0.5) is 5.95 Å². The van der Waals surface area contributed by atoms with Crippen LogP contribution in [0.25, 0.3) is 27.1 Å². The average Bonchev–Trinajstić information content (AvgIpc) is 3.12. The van der Waals surface area contributed by atoms with Crippen molar-refractivity contribution in [3.8, 4) is 5.82 Å². The van der Waals surface area contributed by atoms with E-state index in [2.05, 4.69) is 25.7 Å². The molecule has 0 radical (unpaired) electrons. The summed E-state index contributed by atoms with van der Waals surface area (Å²) in [5, 5.41) is 11.2. The van der Waals surface area contributed by atoms with Crippen LogP contribution in [-0.2, 0) is 0 Å². The van der Waals surface area contributed by atoms with Crippen LogP contribution in [0.5, 0.6) is 0 Å². The van der Waals surface area contributed by atoms with Crippen LogP contribution in [0.15, 0.2) is 35.7 Å². The van der Waals surface area contributed by atoms with Gasteiger partial charge in [-0.15, -0.1) is 16.4 Å². The zero-order valence-corrected chi connectivity index (χ0v) is 11.0. The van der Waals surface area contributed by atoms with Gasteiger partial charge in [0.25, 0.3) is 0 Å². The monoisotopic (exact) mass is 283 g/mol. The van der Waals surface area contributed by atoms with E-state index < -0.39 is 0 Å². The first kappa shape index (κ1) is 11.3. The first-order valence-electron chi connectivity index (χ1n) is 5.89. The molecule has 8 heteroatoms. The van der Waals surface area contributed by atoms with Crippen LogP contribution in [-0.4, -0.2) is 25.0 Å². The Morgan fingerprint density at radius 3 is 2.95 bits per heavy atom. The molecule has 0 saturated heterocycles. The molecule has 0 unspecified atom stereocenters. The van der Waals surface area contributed by atoms with Crippen molar-refractivity contribution in [1.82, 2.24) is 25.0 Å². The molecule has 0 fully saturated rings. The highest BCUT2D eigenvalue weighted by atomic mass is 32.1. The molecule has 0 bridgehead atoms. The van der Waals surface area contributed by atoms with E-state index in [1.165, 1.54) is 11.3 Å². The number of rotatable bonds is 2. The number of nitrogens with one attached hydrogen (secondary N) is 1. The van der Waals surface area contributed by atoms with E-state index in [9.17, 15) is 0 Å². The Balaban J connectivity index is 2.08. The predicted octanol–water partition coefficient (Wildman–Crippen LogP) is 1.71. The Kier molecular flexibility index (Phi) is 2.38. The van der Waals surface area contributed by atoms with E-state index >= 15 is 0 Å². The number of nitrogens with zero attached hydrogens (tertiary/aromatic N) is 5. The van der Waals surface area contributed by atoms with Crippen molar-refractivity contribution >= 4 is 38.5 Å². The number of hydrazine groups is 1. The molecule has 0 atom stereocenters. The first-order chi connectivity index (χ1) is 9.86. The van der Waals surface area contributed by atoms with Crippen molar-refractivity contribution in [3.63, 3.8) is 0 Å². The summed E-state index contributed by atoms with van der Waals surface area (Å²) in [6.07, 6.45) is 0. The Bertz CT molecular complexity index is 910. The van der Waals surface area contributed by atoms with Gasteiger partial charge in [0.15, 0.2) is 5.82 Å². The van der Waals surface area contributed by atoms with Crippen LogP contribution < -0.4 is 11.3 Å². The number of hydrogen-bond acceptors (Lipinski definition) is 7. The summed E-state index contributed by atoms with van der Waals surface area (Å²) in [6.45, 7) is 0. The Morgan fingerprint density at radius 1 is 1.15 bits per heavy atom. The van der Waals surface area contributed by atoms with Gasteiger partial charge in [-0.1, -0.05) is 17.3 Å². The van der Waals surface area contributed by atoms with E-state index in [0.717, 1.165) is 21.3 Å². The van der Waals surface area contributed by atoms with Gasteiger partial charge in [0.2, 0.25) is 5.95 Å². The molecule has 3 heterocycles. The molecule has 98 valence electrons. The maximum Gasteiger partial charge on any atom is 0.240 e. The fraction of sp³-hybridized carbons (Fsp3) is 0. The lowest BCUT2D eigenvalue weighted by Crippen LogP contribution is -2.12. The Labute approximate surface area is 117 Å². The summed E-state index contributed by atoms with van der Waals surface area (Å²) in [6, 6.07) is 9.69. The lowest BCUT2D eigenvalue weighted by Gasteiger charge is -2.05. The SMILES string of the molecule is NNc1nc(-n2nnc3ccccc32)c2ccsc2n1. The Hall–Kier alpha value is -2.58. The lowest BCUT2D eigenvalue weighted by atomic mass is 10.3. The number of nitrogens with two attached hydrogens (primary N) is 1. The number of nitrogen functional groups attached to an aromatic ring is 1. The summed E-state index contributed by atoms with van der Waals surface area (Å²) in [5.74, 6) is 6.45. The predicted molar refractivity (Wildman–Crippen MR) is 77.6 cm³/mol. The minimum atomic E-state index is 0.356. The molecule has 0 spiro atoms. The summed E-state index contributed by atoms with van der Waals surface area (Å²) in [4.78, 5) is 9.57. The minimum absolute atomic E-state index is 0.356. The number of thiophene rings is 1. The van der Waals surface area contributed by atoms with Crippen LogP contribution >= 0.6 is 11.3 Å². The smallest absolute Gasteiger partial charge is 0.240 e. The third kappa shape index (κ3) is 1.55. The fourth-order valence-electron chi connectivity index (χ4n) is 2.09. The van der Waals surface area contributed by atoms with Crippen molar-refractivity contribution in [2.24, 2.45) is 5.84 Å². The summed E-state index contributed by atoms with van der Waals surface area (Å²) in [5.41, 5.74) is 4.19. The van der Waals surface area contributed by atoms with Gasteiger partial charge in [-0.2, -0.15) is 9.67 Å². The highest BCUT2D eigenvalue weighted by molar-refractivity contribution is 7.16. The number of hydrogen-bond donors (Lipinski definition) is 2. The van der Waals surface area contributed by atoms with Crippen LogP contribution in [0.1, 0.15) is 0 Å². The van der Waals surface area contributed by atoms with Crippen LogP contribution in [0.2, 0.25) is 0 Å². The average molecular weight is 283 g/mol. The zero-order chi connectivity index (χ0) is 13.5. The zero-order valence-electron chi connectivity index (χ0n) is 10.2. The molecule has 7 nitrogen and oxygen atoms in total. The molecule has 0 aliphatic rings. The van der Waals surface area contributed by atoms with E-state index in [0.29, 0.717) is 11.8 Å². The standard InChI is InChI=1S/C12H9N7S/c13-16-12-14-10(7-5-6-20-11(7)15-12)19-9-4-2-1-3-8(9)17-18-19/h1-6H,13H2,(H,14,15,16). The number of anilines is 1. The number of aromatic nitrogens is 5.